The number of piperazine rings is 2. The third-order valence-electron chi connectivity index (χ3n) is 4.91. The SMILES string of the molecule is C=C(C)CN1CCNC(C(=O)N2CCN(c3ccc(Cl)c(Cl)c3)CC2)C1. The van der Waals surface area contributed by atoms with Crippen molar-refractivity contribution < 1.29 is 4.79 Å². The van der Waals surface area contributed by atoms with E-state index in [1.807, 2.05) is 30.0 Å². The van der Waals surface area contributed by atoms with Gasteiger partial charge < -0.3 is 15.1 Å². The second-order valence-electron chi connectivity index (χ2n) is 7.11. The monoisotopic (exact) mass is 396 g/mol. The van der Waals surface area contributed by atoms with E-state index in [-0.39, 0.29) is 11.9 Å². The van der Waals surface area contributed by atoms with Crippen LogP contribution in [0.2, 0.25) is 10.0 Å². The number of nitrogens with one attached hydrogen (secondary N) is 1. The number of hydrogen-bond donors (Lipinski definition) is 1. The van der Waals surface area contributed by atoms with E-state index in [0.29, 0.717) is 10.0 Å². The highest BCUT2D eigenvalue weighted by molar-refractivity contribution is 6.42. The quantitative estimate of drug-likeness (QED) is 0.793. The van der Waals surface area contributed by atoms with Crippen molar-refractivity contribution >= 4 is 34.8 Å². The molecule has 0 spiro atoms. The minimum Gasteiger partial charge on any atom is -0.368 e. The summed E-state index contributed by atoms with van der Waals surface area (Å²) in [6.07, 6.45) is 0. The Balaban J connectivity index is 1.54. The largest absolute Gasteiger partial charge is 0.368 e. The molecule has 26 heavy (non-hydrogen) atoms. The van der Waals surface area contributed by atoms with Gasteiger partial charge in [0.2, 0.25) is 5.91 Å². The number of anilines is 1. The lowest BCUT2D eigenvalue weighted by Crippen LogP contribution is -2.60. The standard InChI is InChI=1S/C19H26Cl2N4O/c1-14(2)12-23-6-5-22-18(13-23)19(26)25-9-7-24(8-10-25)15-3-4-16(20)17(21)11-15/h3-4,11,18,22H,1,5-10,12-13H2,2H3. The van der Waals surface area contributed by atoms with Gasteiger partial charge in [-0.1, -0.05) is 35.4 Å². The van der Waals surface area contributed by atoms with E-state index in [4.69, 9.17) is 23.2 Å². The van der Waals surface area contributed by atoms with Gasteiger partial charge >= 0.3 is 0 Å². The Hall–Kier alpha value is -1.27. The second kappa shape index (κ2) is 8.61. The molecule has 2 heterocycles. The molecule has 0 saturated carbocycles. The average molecular weight is 397 g/mol. The Morgan fingerprint density at radius 1 is 1.19 bits per heavy atom. The first-order valence-corrected chi connectivity index (χ1v) is 9.78. The summed E-state index contributed by atoms with van der Waals surface area (Å²) >= 11 is 12.1. The van der Waals surface area contributed by atoms with Crippen LogP contribution < -0.4 is 10.2 Å². The van der Waals surface area contributed by atoms with E-state index < -0.39 is 0 Å². The topological polar surface area (TPSA) is 38.8 Å². The van der Waals surface area contributed by atoms with E-state index in [0.717, 1.165) is 63.6 Å². The normalized spacial score (nSPS) is 21.7. The molecule has 2 saturated heterocycles. The fraction of sp³-hybridized carbons (Fsp3) is 0.526. The molecule has 2 aliphatic heterocycles. The zero-order chi connectivity index (χ0) is 18.7. The highest BCUT2D eigenvalue weighted by Gasteiger charge is 2.30. The molecule has 0 aromatic heterocycles. The van der Waals surface area contributed by atoms with Crippen molar-refractivity contribution in [1.29, 1.82) is 0 Å². The van der Waals surface area contributed by atoms with Gasteiger partial charge in [0.05, 0.1) is 16.1 Å². The number of nitrogens with zero attached hydrogens (tertiary/aromatic N) is 3. The van der Waals surface area contributed by atoms with E-state index >= 15 is 0 Å². The predicted molar refractivity (Wildman–Crippen MR) is 108 cm³/mol. The number of carbonyl (C=O) groups is 1. The fourth-order valence-corrected chi connectivity index (χ4v) is 3.88. The molecule has 0 bridgehead atoms. The minimum atomic E-state index is -0.125. The van der Waals surface area contributed by atoms with Crippen LogP contribution in [0.15, 0.2) is 30.4 Å². The van der Waals surface area contributed by atoms with Crippen LogP contribution in [0.3, 0.4) is 0 Å². The maximum absolute atomic E-state index is 12.9. The molecule has 3 rings (SSSR count). The molecule has 1 amide bonds. The van der Waals surface area contributed by atoms with Gasteiger partial charge in [0.15, 0.2) is 0 Å². The number of carbonyl (C=O) groups excluding carboxylic acids is 1. The van der Waals surface area contributed by atoms with Gasteiger partial charge in [0.1, 0.15) is 0 Å². The van der Waals surface area contributed by atoms with Crippen LogP contribution in [0.25, 0.3) is 0 Å². The van der Waals surface area contributed by atoms with Gasteiger partial charge in [-0.25, -0.2) is 0 Å². The fourth-order valence-electron chi connectivity index (χ4n) is 3.59. The van der Waals surface area contributed by atoms with Gasteiger partial charge in [-0.3, -0.25) is 9.69 Å². The summed E-state index contributed by atoms with van der Waals surface area (Å²) in [5.74, 6) is 0.199. The summed E-state index contributed by atoms with van der Waals surface area (Å²) in [6, 6.07) is 5.56. The lowest BCUT2D eigenvalue weighted by Gasteiger charge is -2.40. The first-order valence-electron chi connectivity index (χ1n) is 9.03. The van der Waals surface area contributed by atoms with Crippen molar-refractivity contribution in [3.05, 3.63) is 40.4 Å². The summed E-state index contributed by atoms with van der Waals surface area (Å²) < 4.78 is 0. The Morgan fingerprint density at radius 3 is 2.58 bits per heavy atom. The maximum Gasteiger partial charge on any atom is 0.241 e. The molecule has 1 aromatic carbocycles. The molecule has 0 radical (unpaired) electrons. The van der Waals surface area contributed by atoms with Gasteiger partial charge in [-0.05, 0) is 25.1 Å². The van der Waals surface area contributed by atoms with Crippen LogP contribution in [0.5, 0.6) is 0 Å². The predicted octanol–water partition coefficient (Wildman–Crippen LogP) is 2.49. The zero-order valence-corrected chi connectivity index (χ0v) is 16.7. The Morgan fingerprint density at radius 2 is 1.92 bits per heavy atom. The smallest absolute Gasteiger partial charge is 0.241 e. The van der Waals surface area contributed by atoms with E-state index in [9.17, 15) is 4.79 Å². The van der Waals surface area contributed by atoms with Crippen LogP contribution >= 0.6 is 23.2 Å². The summed E-state index contributed by atoms with van der Waals surface area (Å²) in [6.45, 7) is 12.4. The Kier molecular flexibility index (Phi) is 6.46. The molecule has 2 aliphatic rings. The van der Waals surface area contributed by atoms with Crippen molar-refractivity contribution in [2.75, 3.05) is 57.3 Å². The highest BCUT2D eigenvalue weighted by atomic mass is 35.5. The second-order valence-corrected chi connectivity index (χ2v) is 7.92. The molecule has 1 N–H and O–H groups in total. The van der Waals surface area contributed by atoms with Crippen LogP contribution in [0.1, 0.15) is 6.92 Å². The van der Waals surface area contributed by atoms with Crippen molar-refractivity contribution in [1.82, 2.24) is 15.1 Å². The summed E-state index contributed by atoms with van der Waals surface area (Å²) in [7, 11) is 0. The molecule has 1 aromatic rings. The van der Waals surface area contributed by atoms with Gasteiger partial charge in [0, 0.05) is 58.0 Å². The average Bonchev–Trinajstić information content (AvgIpc) is 2.63. The molecule has 1 unspecified atom stereocenters. The van der Waals surface area contributed by atoms with Crippen LogP contribution in [-0.4, -0.2) is 74.1 Å². The Bertz CT molecular complexity index is 674. The molecule has 0 aliphatic carbocycles. The third kappa shape index (κ3) is 4.71. The van der Waals surface area contributed by atoms with Crippen molar-refractivity contribution in [2.24, 2.45) is 0 Å². The molecule has 142 valence electrons. The molecular weight excluding hydrogens is 371 g/mol. The molecule has 1 atom stereocenters. The van der Waals surface area contributed by atoms with E-state index in [1.54, 1.807) is 0 Å². The number of halogens is 2. The summed E-state index contributed by atoms with van der Waals surface area (Å²) in [5.41, 5.74) is 2.18. The van der Waals surface area contributed by atoms with Gasteiger partial charge in [-0.2, -0.15) is 0 Å². The number of amides is 1. The molecular formula is C19H26Cl2N4O. The molecule has 7 heteroatoms. The molecule has 2 fully saturated rings. The van der Waals surface area contributed by atoms with Crippen molar-refractivity contribution in [2.45, 2.75) is 13.0 Å². The van der Waals surface area contributed by atoms with Crippen LogP contribution in [0.4, 0.5) is 5.69 Å². The number of hydrogen-bond acceptors (Lipinski definition) is 4. The lowest BCUT2D eigenvalue weighted by molar-refractivity contribution is -0.134. The van der Waals surface area contributed by atoms with Crippen LogP contribution in [-0.2, 0) is 4.79 Å². The highest BCUT2D eigenvalue weighted by Crippen LogP contribution is 2.27. The van der Waals surface area contributed by atoms with Crippen LogP contribution in [0, 0.1) is 0 Å². The van der Waals surface area contributed by atoms with Crippen molar-refractivity contribution in [3.8, 4) is 0 Å². The van der Waals surface area contributed by atoms with E-state index in [1.165, 1.54) is 0 Å². The summed E-state index contributed by atoms with van der Waals surface area (Å²) in [4.78, 5) is 19.4. The lowest BCUT2D eigenvalue weighted by atomic mass is 10.1. The minimum absolute atomic E-state index is 0.125. The van der Waals surface area contributed by atoms with Gasteiger partial charge in [0.25, 0.3) is 0 Å². The van der Waals surface area contributed by atoms with E-state index in [2.05, 4.69) is 21.7 Å². The van der Waals surface area contributed by atoms with Gasteiger partial charge in [-0.15, -0.1) is 0 Å². The molecule has 5 nitrogen and oxygen atoms in total. The zero-order valence-electron chi connectivity index (χ0n) is 15.2. The number of rotatable bonds is 4. The first kappa shape index (κ1) is 19.5. The van der Waals surface area contributed by atoms with Crippen molar-refractivity contribution in [3.63, 3.8) is 0 Å². The third-order valence-corrected chi connectivity index (χ3v) is 5.65. The summed E-state index contributed by atoms with van der Waals surface area (Å²) in [5, 5.41) is 4.49. The Labute approximate surface area is 165 Å². The maximum atomic E-state index is 12.9. The first-order chi connectivity index (χ1) is 12.4. The number of benzene rings is 1.